The zero-order valence-electron chi connectivity index (χ0n) is 11.2. The first kappa shape index (κ1) is 15.5. The fourth-order valence-corrected chi connectivity index (χ4v) is 3.31. The molecule has 4 N–H and O–H groups in total. The number of aliphatic carboxylic acids is 1. The van der Waals surface area contributed by atoms with Crippen LogP contribution in [0.3, 0.4) is 0 Å². The molecule has 1 aliphatic carbocycles. The van der Waals surface area contributed by atoms with Gasteiger partial charge < -0.3 is 10.4 Å². The lowest BCUT2D eigenvalue weighted by Crippen LogP contribution is -2.30. The molecule has 1 aromatic carbocycles. The number of carboxylic acid groups (broad SMARTS) is 1. The van der Waals surface area contributed by atoms with Crippen LogP contribution in [0.15, 0.2) is 29.2 Å². The van der Waals surface area contributed by atoms with Crippen LogP contribution in [0.4, 0.5) is 5.69 Å². The molecule has 1 saturated carbocycles. The standard InChI is InChI=1S/C13H16N2O5S/c14-21(19,20)11-7-2-1-6-10(11)15-12(16)8-4-3-5-9(8)13(17)18/h1-2,6-9H,3-5H2,(H,15,16)(H,17,18)(H2,14,19,20). The van der Waals surface area contributed by atoms with Crippen LogP contribution >= 0.6 is 0 Å². The summed E-state index contributed by atoms with van der Waals surface area (Å²) < 4.78 is 22.9. The predicted molar refractivity (Wildman–Crippen MR) is 74.9 cm³/mol. The van der Waals surface area contributed by atoms with E-state index in [2.05, 4.69) is 5.32 Å². The number of sulfonamides is 1. The fraction of sp³-hybridized carbons (Fsp3) is 0.385. The number of carbonyl (C=O) groups excluding carboxylic acids is 1. The highest BCUT2D eigenvalue weighted by atomic mass is 32.2. The molecule has 0 bridgehead atoms. The molecule has 2 unspecified atom stereocenters. The highest BCUT2D eigenvalue weighted by Crippen LogP contribution is 2.33. The van der Waals surface area contributed by atoms with E-state index >= 15 is 0 Å². The summed E-state index contributed by atoms with van der Waals surface area (Å²) in [4.78, 5) is 23.1. The Kier molecular flexibility index (Phi) is 4.29. The van der Waals surface area contributed by atoms with Crippen molar-refractivity contribution < 1.29 is 23.1 Å². The number of nitrogens with two attached hydrogens (primary N) is 1. The lowest BCUT2D eigenvalue weighted by atomic mass is 9.95. The molecule has 1 aliphatic rings. The number of primary sulfonamides is 1. The van der Waals surface area contributed by atoms with Gasteiger partial charge in [-0.15, -0.1) is 0 Å². The zero-order chi connectivity index (χ0) is 15.6. The summed E-state index contributed by atoms with van der Waals surface area (Å²) in [6, 6.07) is 5.76. The van der Waals surface area contributed by atoms with Gasteiger partial charge in [-0.05, 0) is 25.0 Å². The number of carboxylic acids is 1. The maximum absolute atomic E-state index is 12.2. The smallest absolute Gasteiger partial charge is 0.307 e. The summed E-state index contributed by atoms with van der Waals surface area (Å²) in [6.45, 7) is 0. The fourth-order valence-electron chi connectivity index (χ4n) is 2.61. The van der Waals surface area contributed by atoms with Gasteiger partial charge in [0.15, 0.2) is 0 Å². The lowest BCUT2D eigenvalue weighted by molar-refractivity contribution is -0.145. The molecule has 1 amide bonds. The Morgan fingerprint density at radius 3 is 2.43 bits per heavy atom. The maximum atomic E-state index is 12.2. The molecule has 0 radical (unpaired) electrons. The monoisotopic (exact) mass is 312 g/mol. The van der Waals surface area contributed by atoms with Crippen LogP contribution in [0, 0.1) is 11.8 Å². The van der Waals surface area contributed by atoms with E-state index in [-0.39, 0.29) is 10.6 Å². The van der Waals surface area contributed by atoms with E-state index < -0.39 is 33.7 Å². The van der Waals surface area contributed by atoms with E-state index in [0.29, 0.717) is 19.3 Å². The van der Waals surface area contributed by atoms with Crippen LogP contribution in [0.25, 0.3) is 0 Å². The molecular formula is C13H16N2O5S. The molecular weight excluding hydrogens is 296 g/mol. The Labute approximate surface area is 122 Å². The van der Waals surface area contributed by atoms with Gasteiger partial charge in [-0.1, -0.05) is 18.6 Å². The van der Waals surface area contributed by atoms with E-state index in [1.54, 1.807) is 6.07 Å². The normalized spacial score (nSPS) is 22.0. The second-order valence-corrected chi connectivity index (χ2v) is 6.54. The van der Waals surface area contributed by atoms with Gasteiger partial charge in [0.25, 0.3) is 0 Å². The molecule has 21 heavy (non-hydrogen) atoms. The van der Waals surface area contributed by atoms with Crippen molar-refractivity contribution in [1.29, 1.82) is 0 Å². The third-order valence-electron chi connectivity index (χ3n) is 3.62. The Morgan fingerprint density at radius 2 is 1.81 bits per heavy atom. The summed E-state index contributed by atoms with van der Waals surface area (Å²) in [5.74, 6) is -2.88. The number of nitrogens with one attached hydrogen (secondary N) is 1. The summed E-state index contributed by atoms with van der Waals surface area (Å²) in [5, 5.41) is 16.7. The van der Waals surface area contributed by atoms with Crippen molar-refractivity contribution in [2.45, 2.75) is 24.2 Å². The first-order valence-corrected chi connectivity index (χ1v) is 8.01. The number of hydrogen-bond donors (Lipinski definition) is 3. The van der Waals surface area contributed by atoms with E-state index in [0.717, 1.165) is 0 Å². The number of rotatable bonds is 4. The van der Waals surface area contributed by atoms with Gasteiger partial charge in [0.05, 0.1) is 17.5 Å². The van der Waals surface area contributed by atoms with Crippen molar-refractivity contribution in [3.63, 3.8) is 0 Å². The van der Waals surface area contributed by atoms with Crippen molar-refractivity contribution in [1.82, 2.24) is 0 Å². The Balaban J connectivity index is 2.23. The van der Waals surface area contributed by atoms with Crippen LogP contribution in [-0.2, 0) is 19.6 Å². The van der Waals surface area contributed by atoms with E-state index in [1.165, 1.54) is 18.2 Å². The molecule has 0 aromatic heterocycles. The number of para-hydroxylation sites is 1. The summed E-state index contributed by atoms with van der Waals surface area (Å²) in [6.07, 6.45) is 1.58. The topological polar surface area (TPSA) is 127 Å². The SMILES string of the molecule is NS(=O)(=O)c1ccccc1NC(=O)C1CCCC1C(=O)O. The van der Waals surface area contributed by atoms with Gasteiger partial charge in [-0.25, -0.2) is 13.6 Å². The van der Waals surface area contributed by atoms with Crippen LogP contribution in [0.5, 0.6) is 0 Å². The second-order valence-electron chi connectivity index (χ2n) is 5.01. The van der Waals surface area contributed by atoms with Gasteiger partial charge >= 0.3 is 5.97 Å². The molecule has 2 atom stereocenters. The van der Waals surface area contributed by atoms with Crippen molar-refractivity contribution in [2.75, 3.05) is 5.32 Å². The third-order valence-corrected chi connectivity index (χ3v) is 4.59. The average Bonchev–Trinajstić information content (AvgIpc) is 2.87. The van der Waals surface area contributed by atoms with Gasteiger partial charge in [-0.3, -0.25) is 9.59 Å². The summed E-state index contributed by atoms with van der Waals surface area (Å²) in [7, 11) is -3.96. The van der Waals surface area contributed by atoms with Gasteiger partial charge in [0.1, 0.15) is 4.90 Å². The van der Waals surface area contributed by atoms with Gasteiger partial charge in [0.2, 0.25) is 15.9 Å². The maximum Gasteiger partial charge on any atom is 0.307 e. The molecule has 0 saturated heterocycles. The largest absolute Gasteiger partial charge is 0.481 e. The third kappa shape index (κ3) is 3.40. The number of anilines is 1. The molecule has 8 heteroatoms. The Morgan fingerprint density at radius 1 is 1.19 bits per heavy atom. The van der Waals surface area contributed by atoms with Crippen molar-refractivity contribution >= 4 is 27.6 Å². The van der Waals surface area contributed by atoms with Gasteiger partial charge in [0, 0.05) is 0 Å². The van der Waals surface area contributed by atoms with Crippen LogP contribution in [0.2, 0.25) is 0 Å². The summed E-state index contributed by atoms with van der Waals surface area (Å²) in [5.41, 5.74) is 0.0704. The second kappa shape index (κ2) is 5.82. The molecule has 7 nitrogen and oxygen atoms in total. The number of hydrogen-bond acceptors (Lipinski definition) is 4. The molecule has 0 heterocycles. The molecule has 0 aliphatic heterocycles. The van der Waals surface area contributed by atoms with Crippen molar-refractivity contribution in [2.24, 2.45) is 17.0 Å². The molecule has 114 valence electrons. The lowest BCUT2D eigenvalue weighted by Gasteiger charge is -2.16. The van der Waals surface area contributed by atoms with Crippen LogP contribution in [0.1, 0.15) is 19.3 Å². The zero-order valence-corrected chi connectivity index (χ0v) is 12.0. The molecule has 1 aromatic rings. The number of carbonyl (C=O) groups is 2. The first-order chi connectivity index (χ1) is 9.80. The first-order valence-electron chi connectivity index (χ1n) is 6.46. The minimum absolute atomic E-state index is 0.0704. The van der Waals surface area contributed by atoms with Crippen molar-refractivity contribution in [3.05, 3.63) is 24.3 Å². The number of amides is 1. The highest BCUT2D eigenvalue weighted by molar-refractivity contribution is 7.89. The Hall–Kier alpha value is -1.93. The van der Waals surface area contributed by atoms with E-state index in [4.69, 9.17) is 10.2 Å². The predicted octanol–water partition coefficient (Wildman–Crippen LogP) is 0.773. The highest BCUT2D eigenvalue weighted by Gasteiger charge is 2.38. The van der Waals surface area contributed by atoms with Crippen LogP contribution < -0.4 is 10.5 Å². The molecule has 1 fully saturated rings. The average molecular weight is 312 g/mol. The van der Waals surface area contributed by atoms with Crippen LogP contribution in [-0.4, -0.2) is 25.4 Å². The minimum Gasteiger partial charge on any atom is -0.481 e. The number of benzene rings is 1. The molecule has 2 rings (SSSR count). The van der Waals surface area contributed by atoms with E-state index in [9.17, 15) is 18.0 Å². The minimum atomic E-state index is -3.96. The van der Waals surface area contributed by atoms with Crippen molar-refractivity contribution in [3.8, 4) is 0 Å². The Bertz CT molecular complexity index is 671. The van der Waals surface area contributed by atoms with Gasteiger partial charge in [-0.2, -0.15) is 0 Å². The summed E-state index contributed by atoms with van der Waals surface area (Å²) >= 11 is 0. The van der Waals surface area contributed by atoms with E-state index in [1.807, 2.05) is 0 Å². The molecule has 0 spiro atoms. The quantitative estimate of drug-likeness (QED) is 0.757.